The van der Waals surface area contributed by atoms with Crippen molar-refractivity contribution in [2.75, 3.05) is 58.4 Å². The van der Waals surface area contributed by atoms with Crippen molar-refractivity contribution in [2.45, 2.75) is 31.8 Å². The predicted molar refractivity (Wildman–Crippen MR) is 106 cm³/mol. The number of rotatable bonds is 6. The van der Waals surface area contributed by atoms with Crippen LogP contribution in [0.15, 0.2) is 6.20 Å². The number of likely N-dealkylation sites (tertiary alicyclic amines) is 1. The van der Waals surface area contributed by atoms with Crippen LogP contribution < -0.4 is 4.90 Å². The van der Waals surface area contributed by atoms with E-state index < -0.39 is 0 Å². The number of hydrogen-bond donors (Lipinski definition) is 1. The molecule has 0 radical (unpaired) electrons. The quantitative estimate of drug-likeness (QED) is 0.801. The molecule has 0 aromatic carbocycles. The Morgan fingerprint density at radius 1 is 1.22 bits per heavy atom. The van der Waals surface area contributed by atoms with E-state index in [1.54, 1.807) is 0 Å². The number of piperidine rings is 1. The summed E-state index contributed by atoms with van der Waals surface area (Å²) in [7, 11) is 4.02. The molecule has 27 heavy (non-hydrogen) atoms. The number of H-pyrrole nitrogens is 1. The maximum Gasteiger partial charge on any atom is 0.204 e. The summed E-state index contributed by atoms with van der Waals surface area (Å²) in [4.78, 5) is 11.6. The molecule has 148 valence electrons. The highest BCUT2D eigenvalue weighted by Gasteiger charge is 2.26. The molecule has 2 aliphatic heterocycles. The molecule has 9 heteroatoms. The Morgan fingerprint density at radius 2 is 2.07 bits per heavy atom. The fourth-order valence-electron chi connectivity index (χ4n) is 3.93. The van der Waals surface area contributed by atoms with E-state index in [1.165, 1.54) is 35.6 Å². The smallest absolute Gasteiger partial charge is 0.204 e. The second-order valence-corrected chi connectivity index (χ2v) is 8.39. The van der Waals surface area contributed by atoms with E-state index in [0.29, 0.717) is 5.92 Å². The maximum absolute atomic E-state index is 5.47. The zero-order valence-electron chi connectivity index (χ0n) is 16.2. The van der Waals surface area contributed by atoms with Crippen molar-refractivity contribution in [1.82, 2.24) is 29.4 Å². The highest BCUT2D eigenvalue weighted by atomic mass is 32.1. The van der Waals surface area contributed by atoms with Gasteiger partial charge in [0.25, 0.3) is 0 Å². The topological polar surface area (TPSA) is 73.4 Å². The third-order valence-corrected chi connectivity index (χ3v) is 6.29. The molecular formula is C18H29N7OS. The first-order valence-electron chi connectivity index (χ1n) is 9.73. The van der Waals surface area contributed by atoms with Crippen molar-refractivity contribution in [1.29, 1.82) is 0 Å². The van der Waals surface area contributed by atoms with Crippen LogP contribution in [0.4, 0.5) is 5.13 Å². The van der Waals surface area contributed by atoms with E-state index in [-0.39, 0.29) is 0 Å². The van der Waals surface area contributed by atoms with Gasteiger partial charge in [-0.15, -0.1) is 0 Å². The van der Waals surface area contributed by atoms with Crippen molar-refractivity contribution in [3.05, 3.63) is 23.3 Å². The molecule has 0 spiro atoms. The lowest BCUT2D eigenvalue weighted by Gasteiger charge is -2.32. The van der Waals surface area contributed by atoms with Crippen LogP contribution in [0.1, 0.15) is 35.8 Å². The standard InChI is InChI=1S/C18H29N7OS/c1-23(2)18-20-16(22-27-18)13-25-5-3-4-14(11-25)17-15(10-19-21-17)12-24-6-8-26-9-7-24/h10,14H,3-9,11-13H2,1-2H3,(H,19,21)/t14-/m0/s1. The molecule has 4 rings (SSSR count). The van der Waals surface area contributed by atoms with Gasteiger partial charge in [-0.05, 0) is 19.4 Å². The Kier molecular flexibility index (Phi) is 6.01. The van der Waals surface area contributed by atoms with Gasteiger partial charge in [-0.1, -0.05) is 0 Å². The Balaban J connectivity index is 1.38. The van der Waals surface area contributed by atoms with Crippen molar-refractivity contribution >= 4 is 16.7 Å². The lowest BCUT2D eigenvalue weighted by molar-refractivity contribution is 0.0339. The van der Waals surface area contributed by atoms with Gasteiger partial charge in [-0.3, -0.25) is 14.9 Å². The van der Waals surface area contributed by atoms with Gasteiger partial charge >= 0.3 is 0 Å². The highest BCUT2D eigenvalue weighted by Crippen LogP contribution is 2.29. The maximum atomic E-state index is 5.47. The fourth-order valence-corrected chi connectivity index (χ4v) is 4.52. The van der Waals surface area contributed by atoms with Crippen molar-refractivity contribution in [3.8, 4) is 0 Å². The Hall–Kier alpha value is -1.55. The first kappa shape index (κ1) is 18.8. The summed E-state index contributed by atoms with van der Waals surface area (Å²) in [6, 6.07) is 0. The van der Waals surface area contributed by atoms with Gasteiger partial charge in [-0.2, -0.15) is 9.47 Å². The number of morpholine rings is 1. The Labute approximate surface area is 164 Å². The number of nitrogens with zero attached hydrogens (tertiary/aromatic N) is 6. The third kappa shape index (κ3) is 4.66. The lowest BCUT2D eigenvalue weighted by atomic mass is 9.92. The van der Waals surface area contributed by atoms with E-state index >= 15 is 0 Å². The van der Waals surface area contributed by atoms with E-state index in [0.717, 1.165) is 63.4 Å². The predicted octanol–water partition coefficient (Wildman–Crippen LogP) is 1.54. The monoisotopic (exact) mass is 391 g/mol. The molecule has 8 nitrogen and oxygen atoms in total. The molecule has 2 aliphatic rings. The normalized spacial score (nSPS) is 22.2. The Morgan fingerprint density at radius 3 is 2.85 bits per heavy atom. The zero-order chi connectivity index (χ0) is 18.6. The number of hydrogen-bond acceptors (Lipinski definition) is 8. The first-order chi connectivity index (χ1) is 13.2. The van der Waals surface area contributed by atoms with Crippen LogP contribution in [0, 0.1) is 0 Å². The molecule has 2 saturated heterocycles. The Bertz CT molecular complexity index is 725. The molecule has 1 N–H and O–H groups in total. The average Bonchev–Trinajstić information content (AvgIpc) is 3.32. The second-order valence-electron chi connectivity index (χ2n) is 7.66. The van der Waals surface area contributed by atoms with Crippen LogP contribution in [-0.2, 0) is 17.8 Å². The summed E-state index contributed by atoms with van der Waals surface area (Å²) in [5, 5.41) is 8.63. The van der Waals surface area contributed by atoms with E-state index in [1.807, 2.05) is 25.2 Å². The van der Waals surface area contributed by atoms with E-state index in [2.05, 4.69) is 29.4 Å². The molecule has 1 atom stereocenters. The van der Waals surface area contributed by atoms with Gasteiger partial charge < -0.3 is 9.64 Å². The van der Waals surface area contributed by atoms with E-state index in [9.17, 15) is 0 Å². The summed E-state index contributed by atoms with van der Waals surface area (Å²) in [5.74, 6) is 1.44. The number of anilines is 1. The third-order valence-electron chi connectivity index (χ3n) is 5.37. The molecular weight excluding hydrogens is 362 g/mol. The van der Waals surface area contributed by atoms with Crippen LogP contribution in [0.5, 0.6) is 0 Å². The molecule has 0 aliphatic carbocycles. The fraction of sp³-hybridized carbons (Fsp3) is 0.722. The molecule has 2 aromatic rings. The summed E-state index contributed by atoms with van der Waals surface area (Å²) >= 11 is 1.47. The molecule has 0 unspecified atom stereocenters. The zero-order valence-corrected chi connectivity index (χ0v) is 17.0. The van der Waals surface area contributed by atoms with Crippen molar-refractivity contribution < 1.29 is 4.74 Å². The summed E-state index contributed by atoms with van der Waals surface area (Å²) < 4.78 is 9.99. The summed E-state index contributed by atoms with van der Waals surface area (Å²) in [6.45, 7) is 7.62. The minimum absolute atomic E-state index is 0.504. The SMILES string of the molecule is CN(C)c1nc(CN2CCC[C@H](c3[nH]ncc3CN3CCOCC3)C2)ns1. The van der Waals surface area contributed by atoms with Gasteiger partial charge in [0.1, 0.15) is 0 Å². The first-order valence-corrected chi connectivity index (χ1v) is 10.5. The largest absolute Gasteiger partial charge is 0.379 e. The minimum atomic E-state index is 0.504. The van der Waals surface area contributed by atoms with Gasteiger partial charge in [-0.25, -0.2) is 4.98 Å². The summed E-state index contributed by atoms with van der Waals surface area (Å²) in [5.41, 5.74) is 2.65. The molecule has 2 fully saturated rings. The van der Waals surface area contributed by atoms with Gasteiger partial charge in [0.15, 0.2) is 5.82 Å². The number of ether oxygens (including phenoxy) is 1. The van der Waals surface area contributed by atoms with Crippen LogP contribution in [0.3, 0.4) is 0 Å². The van der Waals surface area contributed by atoms with Crippen molar-refractivity contribution in [2.24, 2.45) is 0 Å². The molecule has 0 saturated carbocycles. The van der Waals surface area contributed by atoms with Crippen LogP contribution in [0.2, 0.25) is 0 Å². The number of aromatic nitrogens is 4. The van der Waals surface area contributed by atoms with Crippen LogP contribution in [0.25, 0.3) is 0 Å². The average molecular weight is 392 g/mol. The van der Waals surface area contributed by atoms with E-state index in [4.69, 9.17) is 4.74 Å². The van der Waals surface area contributed by atoms with Gasteiger partial charge in [0.05, 0.1) is 26.0 Å². The minimum Gasteiger partial charge on any atom is -0.379 e. The van der Waals surface area contributed by atoms with Crippen LogP contribution >= 0.6 is 11.5 Å². The number of nitrogens with one attached hydrogen (secondary N) is 1. The molecule has 0 bridgehead atoms. The molecule has 2 aromatic heterocycles. The van der Waals surface area contributed by atoms with Gasteiger partial charge in [0, 0.05) is 69.0 Å². The molecule has 0 amide bonds. The molecule has 4 heterocycles. The lowest BCUT2D eigenvalue weighted by Crippen LogP contribution is -2.37. The van der Waals surface area contributed by atoms with Gasteiger partial charge in [0.2, 0.25) is 5.13 Å². The van der Waals surface area contributed by atoms with Crippen LogP contribution in [-0.4, -0.2) is 82.8 Å². The highest BCUT2D eigenvalue weighted by molar-refractivity contribution is 7.09. The summed E-state index contributed by atoms with van der Waals surface area (Å²) in [6.07, 6.45) is 4.42. The second kappa shape index (κ2) is 8.64. The van der Waals surface area contributed by atoms with Crippen molar-refractivity contribution in [3.63, 3.8) is 0 Å². The number of aromatic amines is 1.